The monoisotopic (exact) mass is 274 g/mol. The van der Waals surface area contributed by atoms with Crippen LogP contribution in [-0.2, 0) is 12.8 Å². The second-order valence-electron chi connectivity index (χ2n) is 4.30. The third-order valence-corrected chi connectivity index (χ3v) is 2.76. The number of hydrogen-bond donors (Lipinski definition) is 0. The number of ether oxygens (including phenoxy) is 1. The molecule has 5 heteroatoms. The Morgan fingerprint density at radius 3 is 2.15 bits per heavy atom. The number of nitrogens with zero attached hydrogens (tertiary/aromatic N) is 4. The molecule has 0 N–H and O–H groups in total. The molecule has 0 saturated heterocycles. The molecule has 0 fully saturated rings. The van der Waals surface area contributed by atoms with Crippen LogP contribution in [0.2, 0.25) is 0 Å². The summed E-state index contributed by atoms with van der Waals surface area (Å²) in [4.78, 5) is 16.6. The van der Waals surface area contributed by atoms with Crippen molar-refractivity contribution in [1.82, 2.24) is 19.9 Å². The number of hydrogen-bond acceptors (Lipinski definition) is 5. The summed E-state index contributed by atoms with van der Waals surface area (Å²) < 4.78 is 4.80. The second kappa shape index (κ2) is 8.19. The van der Waals surface area contributed by atoms with Crippen LogP contribution in [0.4, 0.5) is 0 Å². The topological polar surface area (TPSA) is 60.8 Å². The van der Waals surface area contributed by atoms with Gasteiger partial charge in [0.15, 0.2) is 0 Å². The van der Waals surface area contributed by atoms with E-state index in [1.54, 1.807) is 19.5 Å². The number of aromatic nitrogens is 4. The first-order chi connectivity index (χ1) is 9.60. The van der Waals surface area contributed by atoms with Gasteiger partial charge in [0.25, 0.3) is 0 Å². The highest BCUT2D eigenvalue weighted by Crippen LogP contribution is 2.03. The normalized spacial score (nSPS) is 9.65. The largest absolute Gasteiger partial charge is 0.480 e. The zero-order valence-electron chi connectivity index (χ0n) is 12.8. The highest BCUT2D eigenvalue weighted by atomic mass is 16.5. The summed E-state index contributed by atoms with van der Waals surface area (Å²) >= 11 is 0. The van der Waals surface area contributed by atoms with Crippen molar-refractivity contribution in [2.24, 2.45) is 0 Å². The van der Waals surface area contributed by atoms with Crippen LogP contribution in [0, 0.1) is 13.8 Å². The van der Waals surface area contributed by atoms with Crippen molar-refractivity contribution in [3.8, 4) is 5.88 Å². The van der Waals surface area contributed by atoms with E-state index in [4.69, 9.17) is 4.74 Å². The van der Waals surface area contributed by atoms with Crippen molar-refractivity contribution >= 4 is 0 Å². The zero-order valence-corrected chi connectivity index (χ0v) is 12.8. The molecule has 20 heavy (non-hydrogen) atoms. The number of rotatable bonds is 3. The van der Waals surface area contributed by atoms with Crippen molar-refractivity contribution in [3.05, 3.63) is 41.4 Å². The van der Waals surface area contributed by atoms with E-state index >= 15 is 0 Å². The van der Waals surface area contributed by atoms with Gasteiger partial charge in [-0.1, -0.05) is 13.8 Å². The van der Waals surface area contributed by atoms with Crippen LogP contribution in [0.25, 0.3) is 0 Å². The third-order valence-electron chi connectivity index (χ3n) is 2.76. The first-order valence-electron chi connectivity index (χ1n) is 6.74. The first kappa shape index (κ1) is 16.0. The van der Waals surface area contributed by atoms with Crippen LogP contribution in [0.15, 0.2) is 18.6 Å². The molecule has 0 saturated carbocycles. The minimum absolute atomic E-state index is 0.556. The van der Waals surface area contributed by atoms with E-state index < -0.39 is 0 Å². The summed E-state index contributed by atoms with van der Waals surface area (Å²) in [6.07, 6.45) is 7.07. The molecule has 5 nitrogen and oxygen atoms in total. The third kappa shape index (κ3) is 4.91. The summed E-state index contributed by atoms with van der Waals surface area (Å²) in [6.45, 7) is 8.09. The van der Waals surface area contributed by atoms with Crippen molar-refractivity contribution < 1.29 is 4.74 Å². The Morgan fingerprint density at radius 1 is 0.950 bits per heavy atom. The molecule has 0 unspecified atom stereocenters. The van der Waals surface area contributed by atoms with Gasteiger partial charge in [-0.15, -0.1) is 0 Å². The van der Waals surface area contributed by atoms with Crippen LogP contribution in [0.3, 0.4) is 0 Å². The molecule has 0 atom stereocenters. The Labute approximate surface area is 120 Å². The van der Waals surface area contributed by atoms with E-state index in [1.807, 2.05) is 20.0 Å². The summed E-state index contributed by atoms with van der Waals surface area (Å²) in [6, 6.07) is 0. The van der Waals surface area contributed by atoms with E-state index in [-0.39, 0.29) is 0 Å². The van der Waals surface area contributed by atoms with E-state index in [2.05, 4.69) is 33.8 Å². The minimum Gasteiger partial charge on any atom is -0.480 e. The molecule has 0 aliphatic heterocycles. The van der Waals surface area contributed by atoms with Crippen LogP contribution in [0.1, 0.15) is 36.6 Å². The Hall–Kier alpha value is -2.04. The lowest BCUT2D eigenvalue weighted by Crippen LogP contribution is -1.98. The van der Waals surface area contributed by atoms with E-state index in [1.165, 1.54) is 0 Å². The van der Waals surface area contributed by atoms with Gasteiger partial charge in [0, 0.05) is 6.20 Å². The van der Waals surface area contributed by atoms with Gasteiger partial charge in [-0.3, -0.25) is 15.0 Å². The quantitative estimate of drug-likeness (QED) is 0.861. The van der Waals surface area contributed by atoms with Crippen molar-refractivity contribution in [2.75, 3.05) is 7.11 Å². The Kier molecular flexibility index (Phi) is 6.56. The summed E-state index contributed by atoms with van der Waals surface area (Å²) in [7, 11) is 1.57. The molecular formula is C15H22N4O. The molecule has 0 amide bonds. The maximum atomic E-state index is 4.80. The Bertz CT molecular complexity index is 526. The fourth-order valence-electron chi connectivity index (χ4n) is 1.56. The average Bonchev–Trinajstić information content (AvgIpc) is 2.48. The van der Waals surface area contributed by atoms with Crippen LogP contribution in [-0.4, -0.2) is 27.0 Å². The first-order valence-corrected chi connectivity index (χ1v) is 6.74. The van der Waals surface area contributed by atoms with E-state index in [9.17, 15) is 0 Å². The molecule has 2 rings (SSSR count). The van der Waals surface area contributed by atoms with Gasteiger partial charge in [0.2, 0.25) is 5.88 Å². The molecule has 0 radical (unpaired) electrons. The Balaban J connectivity index is 0.000000204. The summed E-state index contributed by atoms with van der Waals surface area (Å²) in [5.41, 5.74) is 4.17. The maximum Gasteiger partial charge on any atom is 0.231 e. The fraction of sp³-hybridized carbons (Fsp3) is 0.467. The van der Waals surface area contributed by atoms with Crippen molar-refractivity contribution in [1.29, 1.82) is 0 Å². The van der Waals surface area contributed by atoms with Crippen molar-refractivity contribution in [3.63, 3.8) is 0 Å². The molecule has 2 heterocycles. The van der Waals surface area contributed by atoms with Gasteiger partial charge in [-0.25, -0.2) is 4.98 Å². The summed E-state index contributed by atoms with van der Waals surface area (Å²) in [5, 5.41) is 0. The lowest BCUT2D eigenvalue weighted by molar-refractivity contribution is 0.395. The molecule has 2 aromatic rings. The fourth-order valence-corrected chi connectivity index (χ4v) is 1.56. The van der Waals surface area contributed by atoms with Gasteiger partial charge < -0.3 is 4.74 Å². The second-order valence-corrected chi connectivity index (χ2v) is 4.30. The lowest BCUT2D eigenvalue weighted by Gasteiger charge is -2.01. The molecule has 0 aromatic carbocycles. The number of methoxy groups -OCH3 is 1. The van der Waals surface area contributed by atoms with Crippen LogP contribution in [0.5, 0.6) is 5.88 Å². The molecular weight excluding hydrogens is 252 g/mol. The van der Waals surface area contributed by atoms with E-state index in [0.717, 1.165) is 35.6 Å². The smallest absolute Gasteiger partial charge is 0.231 e. The van der Waals surface area contributed by atoms with Gasteiger partial charge >= 0.3 is 0 Å². The molecule has 0 spiro atoms. The maximum absolute atomic E-state index is 4.80. The number of aryl methyl sites for hydroxylation is 4. The standard InChI is InChI=1S/C9H14N2.C6H8N2O/c1-4-8-6-10-9(5-2)7(3)11-8;1-5-3-8-6(9-2)4-7-5/h6H,4-5H2,1-3H3;3-4H,1-2H3. The van der Waals surface area contributed by atoms with E-state index in [0.29, 0.717) is 5.88 Å². The predicted molar refractivity (Wildman–Crippen MR) is 78.8 cm³/mol. The van der Waals surface area contributed by atoms with Crippen LogP contribution < -0.4 is 4.74 Å². The highest BCUT2D eigenvalue weighted by Gasteiger charge is 1.98. The average molecular weight is 274 g/mol. The molecule has 108 valence electrons. The SMILES string of the molecule is CCc1cnc(CC)c(C)n1.COc1cnc(C)cn1. The molecule has 2 aromatic heterocycles. The summed E-state index contributed by atoms with van der Waals surface area (Å²) in [5.74, 6) is 0.556. The van der Waals surface area contributed by atoms with Gasteiger partial charge in [-0.05, 0) is 26.7 Å². The predicted octanol–water partition coefficient (Wildman–Crippen LogP) is 2.70. The van der Waals surface area contributed by atoms with Gasteiger partial charge in [0.05, 0.1) is 42.3 Å². The molecule has 0 aliphatic rings. The Morgan fingerprint density at radius 2 is 1.70 bits per heavy atom. The molecule has 0 bridgehead atoms. The van der Waals surface area contributed by atoms with Gasteiger partial charge in [-0.2, -0.15) is 0 Å². The molecule has 0 aliphatic carbocycles. The lowest BCUT2D eigenvalue weighted by atomic mass is 10.2. The van der Waals surface area contributed by atoms with Gasteiger partial charge in [0.1, 0.15) is 0 Å². The minimum atomic E-state index is 0.556. The van der Waals surface area contributed by atoms with Crippen molar-refractivity contribution in [2.45, 2.75) is 40.5 Å². The zero-order chi connectivity index (χ0) is 15.0. The van der Waals surface area contributed by atoms with Crippen LogP contribution >= 0.6 is 0 Å². The highest BCUT2D eigenvalue weighted by molar-refractivity contribution is 5.12.